The van der Waals surface area contributed by atoms with E-state index in [1.165, 1.54) is 5.56 Å². The van der Waals surface area contributed by atoms with Gasteiger partial charge in [0.15, 0.2) is 0 Å². The molecule has 0 aromatic heterocycles. The molecule has 0 radical (unpaired) electrons. The van der Waals surface area contributed by atoms with Crippen LogP contribution in [0, 0.1) is 0 Å². The molecule has 0 spiro atoms. The molecule has 1 aliphatic rings. The van der Waals surface area contributed by atoms with Gasteiger partial charge >= 0.3 is 0 Å². The van der Waals surface area contributed by atoms with Gasteiger partial charge in [-0.05, 0) is 56.8 Å². The molecule has 0 saturated carbocycles. The van der Waals surface area contributed by atoms with Crippen molar-refractivity contribution in [2.75, 3.05) is 23.1 Å². The molecule has 1 aliphatic heterocycles. The van der Waals surface area contributed by atoms with Gasteiger partial charge in [-0.25, -0.2) is 8.42 Å². The standard InChI is InChI=1S/C16H26N2O2S/c1-4-10-17-13(3)14-8-9-16-15(12-14)7-6-11-18(16)21(19,20)5-2/h8-9,12-13,17H,4-7,10-11H2,1-3H3. The highest BCUT2D eigenvalue weighted by atomic mass is 32.2. The topological polar surface area (TPSA) is 49.4 Å². The summed E-state index contributed by atoms with van der Waals surface area (Å²) in [5.74, 6) is 0.155. The summed E-state index contributed by atoms with van der Waals surface area (Å²) < 4.78 is 26.0. The van der Waals surface area contributed by atoms with Crippen LogP contribution in [0.1, 0.15) is 50.8 Å². The average molecular weight is 310 g/mol. The van der Waals surface area contributed by atoms with Crippen LogP contribution in [0.25, 0.3) is 0 Å². The Morgan fingerprint density at radius 3 is 2.76 bits per heavy atom. The Morgan fingerprint density at radius 2 is 2.10 bits per heavy atom. The summed E-state index contributed by atoms with van der Waals surface area (Å²) in [7, 11) is -3.16. The minimum absolute atomic E-state index is 0.155. The first kappa shape index (κ1) is 16.3. The molecule has 21 heavy (non-hydrogen) atoms. The van der Waals surface area contributed by atoms with E-state index >= 15 is 0 Å². The second-order valence-electron chi connectivity index (χ2n) is 5.64. The zero-order valence-corrected chi connectivity index (χ0v) is 14.0. The van der Waals surface area contributed by atoms with Crippen LogP contribution in [0.15, 0.2) is 18.2 Å². The SMILES string of the molecule is CCCNC(C)c1ccc2c(c1)CCCN2S(=O)(=O)CC. The van der Waals surface area contributed by atoms with Crippen molar-refractivity contribution < 1.29 is 8.42 Å². The zero-order chi connectivity index (χ0) is 15.5. The van der Waals surface area contributed by atoms with E-state index in [9.17, 15) is 8.42 Å². The van der Waals surface area contributed by atoms with Gasteiger partial charge in [-0.1, -0.05) is 19.1 Å². The molecule has 5 heteroatoms. The number of nitrogens with one attached hydrogen (secondary N) is 1. The van der Waals surface area contributed by atoms with Gasteiger partial charge in [0.1, 0.15) is 0 Å². The lowest BCUT2D eigenvalue weighted by Crippen LogP contribution is -2.36. The smallest absolute Gasteiger partial charge is 0.234 e. The molecule has 118 valence electrons. The second-order valence-corrected chi connectivity index (χ2v) is 7.82. The van der Waals surface area contributed by atoms with Crippen LogP contribution >= 0.6 is 0 Å². The highest BCUT2D eigenvalue weighted by Crippen LogP contribution is 2.31. The Balaban J connectivity index is 2.28. The van der Waals surface area contributed by atoms with Crippen molar-refractivity contribution in [3.8, 4) is 0 Å². The summed E-state index contributed by atoms with van der Waals surface area (Å²) in [4.78, 5) is 0. The highest BCUT2D eigenvalue weighted by molar-refractivity contribution is 7.92. The maximum absolute atomic E-state index is 12.2. The van der Waals surface area contributed by atoms with Crippen LogP contribution in [0.3, 0.4) is 0 Å². The number of nitrogens with zero attached hydrogens (tertiary/aromatic N) is 1. The average Bonchev–Trinajstić information content (AvgIpc) is 2.51. The van der Waals surface area contributed by atoms with E-state index in [4.69, 9.17) is 0 Å². The normalized spacial score (nSPS) is 16.6. The fourth-order valence-electron chi connectivity index (χ4n) is 2.78. The fourth-order valence-corrected chi connectivity index (χ4v) is 3.97. The van der Waals surface area contributed by atoms with Crippen molar-refractivity contribution >= 4 is 15.7 Å². The van der Waals surface area contributed by atoms with Gasteiger partial charge in [0, 0.05) is 12.6 Å². The summed E-state index contributed by atoms with van der Waals surface area (Å²) in [6.45, 7) is 7.61. The van der Waals surface area contributed by atoms with Gasteiger partial charge in [-0.2, -0.15) is 0 Å². The maximum atomic E-state index is 12.2. The number of benzene rings is 1. The first-order valence-electron chi connectivity index (χ1n) is 7.86. The summed E-state index contributed by atoms with van der Waals surface area (Å²) in [6.07, 6.45) is 2.96. The molecule has 1 unspecified atom stereocenters. The van der Waals surface area contributed by atoms with Crippen LogP contribution < -0.4 is 9.62 Å². The maximum Gasteiger partial charge on any atom is 0.234 e. The van der Waals surface area contributed by atoms with Crippen LogP contribution in [-0.4, -0.2) is 27.3 Å². The van der Waals surface area contributed by atoms with Crippen molar-refractivity contribution in [3.05, 3.63) is 29.3 Å². The van der Waals surface area contributed by atoms with Crippen molar-refractivity contribution in [3.63, 3.8) is 0 Å². The van der Waals surface area contributed by atoms with Crippen molar-refractivity contribution in [1.82, 2.24) is 5.32 Å². The molecule has 0 amide bonds. The van der Waals surface area contributed by atoms with Crippen LogP contribution in [0.5, 0.6) is 0 Å². The number of fused-ring (bicyclic) bond motifs is 1. The molecule has 0 saturated heterocycles. The van der Waals surface area contributed by atoms with E-state index in [1.54, 1.807) is 11.2 Å². The molecule has 2 rings (SSSR count). The highest BCUT2D eigenvalue weighted by Gasteiger charge is 2.26. The van der Waals surface area contributed by atoms with Crippen molar-refractivity contribution in [2.24, 2.45) is 0 Å². The number of sulfonamides is 1. The molecule has 1 aromatic rings. The first-order chi connectivity index (χ1) is 9.99. The van der Waals surface area contributed by atoms with E-state index in [1.807, 2.05) is 6.07 Å². The Labute approximate surface area is 128 Å². The lowest BCUT2D eigenvalue weighted by atomic mass is 9.98. The lowest BCUT2D eigenvalue weighted by Gasteiger charge is -2.31. The third-order valence-corrected chi connectivity index (χ3v) is 5.86. The number of rotatable bonds is 6. The molecule has 1 N–H and O–H groups in total. The minimum atomic E-state index is -3.16. The quantitative estimate of drug-likeness (QED) is 0.879. The first-order valence-corrected chi connectivity index (χ1v) is 9.47. The number of hydrogen-bond donors (Lipinski definition) is 1. The molecule has 0 aliphatic carbocycles. The van der Waals surface area contributed by atoms with Crippen LogP contribution in [0.4, 0.5) is 5.69 Å². The number of anilines is 1. The summed E-state index contributed by atoms with van der Waals surface area (Å²) in [5.41, 5.74) is 3.26. The predicted molar refractivity (Wildman–Crippen MR) is 88.3 cm³/mol. The predicted octanol–water partition coefficient (Wildman–Crippen LogP) is 2.85. The summed E-state index contributed by atoms with van der Waals surface area (Å²) >= 11 is 0. The zero-order valence-electron chi connectivity index (χ0n) is 13.2. The van der Waals surface area contributed by atoms with Crippen LogP contribution in [0.2, 0.25) is 0 Å². The van der Waals surface area contributed by atoms with E-state index < -0.39 is 10.0 Å². The molecule has 1 aromatic carbocycles. The molecular formula is C16H26N2O2S. The summed E-state index contributed by atoms with van der Waals surface area (Å²) in [5, 5.41) is 3.48. The molecule has 1 heterocycles. The third-order valence-electron chi connectivity index (χ3n) is 4.08. The number of hydrogen-bond acceptors (Lipinski definition) is 3. The van der Waals surface area contributed by atoms with Gasteiger partial charge in [0.25, 0.3) is 0 Å². The Kier molecular flexibility index (Phi) is 5.27. The second kappa shape index (κ2) is 6.79. The van der Waals surface area contributed by atoms with Gasteiger partial charge in [-0.3, -0.25) is 4.31 Å². The van der Waals surface area contributed by atoms with Gasteiger partial charge in [0.2, 0.25) is 10.0 Å². The van der Waals surface area contributed by atoms with E-state index in [-0.39, 0.29) is 5.75 Å². The van der Waals surface area contributed by atoms with E-state index in [2.05, 4.69) is 31.3 Å². The Morgan fingerprint density at radius 1 is 1.33 bits per heavy atom. The molecule has 1 atom stereocenters. The van der Waals surface area contributed by atoms with Gasteiger partial charge in [-0.15, -0.1) is 0 Å². The fraction of sp³-hybridized carbons (Fsp3) is 0.625. The Bertz CT molecular complexity index is 584. The lowest BCUT2D eigenvalue weighted by molar-refractivity contribution is 0.569. The Hall–Kier alpha value is -1.07. The molecule has 0 fully saturated rings. The van der Waals surface area contributed by atoms with Gasteiger partial charge in [0.05, 0.1) is 11.4 Å². The molecular weight excluding hydrogens is 284 g/mol. The third kappa shape index (κ3) is 3.58. The number of aryl methyl sites for hydroxylation is 1. The molecule has 0 bridgehead atoms. The van der Waals surface area contributed by atoms with Crippen molar-refractivity contribution in [2.45, 2.75) is 46.1 Å². The summed E-state index contributed by atoms with van der Waals surface area (Å²) in [6, 6.07) is 6.49. The van der Waals surface area contributed by atoms with E-state index in [0.29, 0.717) is 12.6 Å². The monoisotopic (exact) mass is 310 g/mol. The molecule has 4 nitrogen and oxygen atoms in total. The van der Waals surface area contributed by atoms with E-state index in [0.717, 1.165) is 37.1 Å². The largest absolute Gasteiger partial charge is 0.310 e. The minimum Gasteiger partial charge on any atom is -0.310 e. The van der Waals surface area contributed by atoms with Crippen LogP contribution in [-0.2, 0) is 16.4 Å². The van der Waals surface area contributed by atoms with Crippen molar-refractivity contribution in [1.29, 1.82) is 0 Å². The van der Waals surface area contributed by atoms with Gasteiger partial charge < -0.3 is 5.32 Å².